The lowest BCUT2D eigenvalue weighted by atomic mass is 10.2. The van der Waals surface area contributed by atoms with E-state index in [0.29, 0.717) is 5.69 Å². The minimum absolute atomic E-state index is 0.0764. The number of primary sulfonamides is 1. The van der Waals surface area contributed by atoms with Crippen LogP contribution in [0.25, 0.3) is 0 Å². The molecule has 0 heterocycles. The fraction of sp³-hybridized carbons (Fsp3) is 0.188. The van der Waals surface area contributed by atoms with Crippen molar-refractivity contribution in [3.63, 3.8) is 0 Å². The average molecular weight is 382 g/mol. The third kappa shape index (κ3) is 5.38. The van der Waals surface area contributed by atoms with Gasteiger partial charge in [-0.05, 0) is 43.3 Å². The summed E-state index contributed by atoms with van der Waals surface area (Å²) in [6.45, 7) is 1.85. The molecule has 25 heavy (non-hydrogen) atoms. The molecule has 0 saturated heterocycles. The summed E-state index contributed by atoms with van der Waals surface area (Å²) in [4.78, 5) is 12.0. The van der Waals surface area contributed by atoms with Gasteiger partial charge in [0.05, 0.1) is 15.5 Å². The molecular formula is C16H18N2O5S2. The molecule has 0 atom stereocenters. The molecule has 0 aliphatic heterocycles. The molecule has 0 fully saturated rings. The summed E-state index contributed by atoms with van der Waals surface area (Å²) in [6, 6.07) is 11.7. The van der Waals surface area contributed by atoms with Crippen molar-refractivity contribution in [3.05, 3.63) is 54.1 Å². The fourth-order valence-electron chi connectivity index (χ4n) is 2.04. The number of carbonyl (C=O) groups excluding carboxylic acids is 1. The molecule has 0 radical (unpaired) electrons. The number of amides is 1. The summed E-state index contributed by atoms with van der Waals surface area (Å²) in [5.74, 6) is -0.809. The first-order valence-corrected chi connectivity index (χ1v) is 10.5. The number of nitrogens with one attached hydrogen (secondary N) is 1. The van der Waals surface area contributed by atoms with E-state index in [1.165, 1.54) is 36.4 Å². The van der Waals surface area contributed by atoms with E-state index >= 15 is 0 Å². The molecule has 0 aliphatic rings. The molecule has 0 aromatic heterocycles. The van der Waals surface area contributed by atoms with E-state index in [4.69, 9.17) is 5.14 Å². The molecule has 0 spiro atoms. The van der Waals surface area contributed by atoms with Crippen molar-refractivity contribution in [1.29, 1.82) is 0 Å². The van der Waals surface area contributed by atoms with Crippen molar-refractivity contribution in [1.82, 2.24) is 0 Å². The van der Waals surface area contributed by atoms with E-state index in [0.717, 1.165) is 5.56 Å². The molecule has 0 aliphatic carbocycles. The van der Waals surface area contributed by atoms with Crippen LogP contribution < -0.4 is 10.5 Å². The molecule has 134 valence electrons. The molecule has 2 aromatic rings. The fourth-order valence-corrected chi connectivity index (χ4v) is 3.80. The predicted molar refractivity (Wildman–Crippen MR) is 94.3 cm³/mol. The van der Waals surface area contributed by atoms with Crippen LogP contribution in [0, 0.1) is 6.92 Å². The van der Waals surface area contributed by atoms with Gasteiger partial charge in [0.1, 0.15) is 0 Å². The predicted octanol–water partition coefficient (Wildman–Crippen LogP) is 1.44. The second-order valence-corrected chi connectivity index (χ2v) is 9.17. The van der Waals surface area contributed by atoms with Gasteiger partial charge in [-0.25, -0.2) is 22.0 Å². The minimum atomic E-state index is -3.80. The zero-order valence-corrected chi connectivity index (χ0v) is 15.1. The van der Waals surface area contributed by atoms with Crippen LogP contribution in [0.4, 0.5) is 5.69 Å². The summed E-state index contributed by atoms with van der Waals surface area (Å²) >= 11 is 0. The summed E-state index contributed by atoms with van der Waals surface area (Å²) < 4.78 is 46.7. The second-order valence-electron chi connectivity index (χ2n) is 5.50. The maximum absolute atomic E-state index is 12.2. The van der Waals surface area contributed by atoms with Gasteiger partial charge >= 0.3 is 0 Å². The van der Waals surface area contributed by atoms with Crippen molar-refractivity contribution >= 4 is 31.5 Å². The number of hydrogen-bond donors (Lipinski definition) is 2. The number of sulfonamides is 1. The average Bonchev–Trinajstić information content (AvgIpc) is 2.53. The number of nitrogens with two attached hydrogens (primary N) is 1. The van der Waals surface area contributed by atoms with Gasteiger partial charge in [0.2, 0.25) is 15.9 Å². The Labute approximate surface area is 146 Å². The van der Waals surface area contributed by atoms with Crippen LogP contribution >= 0.6 is 0 Å². The van der Waals surface area contributed by atoms with Crippen LogP contribution in [0.2, 0.25) is 0 Å². The molecule has 0 bridgehead atoms. The lowest BCUT2D eigenvalue weighted by molar-refractivity contribution is -0.115. The van der Waals surface area contributed by atoms with Gasteiger partial charge in [0, 0.05) is 12.1 Å². The second kappa shape index (κ2) is 7.34. The van der Waals surface area contributed by atoms with Gasteiger partial charge in [-0.2, -0.15) is 0 Å². The Kier molecular flexibility index (Phi) is 5.61. The first-order chi connectivity index (χ1) is 11.6. The molecule has 1 amide bonds. The SMILES string of the molecule is Cc1ccc(S(=O)(=O)CCC(=O)Nc2ccc(S(N)(=O)=O)cc2)cc1. The van der Waals surface area contributed by atoms with Gasteiger partial charge in [0.15, 0.2) is 9.84 Å². The lowest BCUT2D eigenvalue weighted by Crippen LogP contribution is -2.17. The zero-order valence-electron chi connectivity index (χ0n) is 13.5. The van der Waals surface area contributed by atoms with E-state index in [-0.39, 0.29) is 22.0 Å². The van der Waals surface area contributed by atoms with Crippen LogP contribution in [0.5, 0.6) is 0 Å². The highest BCUT2D eigenvalue weighted by Crippen LogP contribution is 2.15. The van der Waals surface area contributed by atoms with Crippen molar-refractivity contribution in [2.75, 3.05) is 11.1 Å². The summed E-state index contributed by atoms with van der Waals surface area (Å²) in [5, 5.41) is 7.50. The molecule has 2 aromatic carbocycles. The third-order valence-corrected chi connectivity index (χ3v) is 6.11. The first kappa shape index (κ1) is 19.1. The Hall–Kier alpha value is -2.23. The summed E-state index contributed by atoms with van der Waals surface area (Å²) in [6.07, 6.45) is -0.215. The normalized spacial score (nSPS) is 11.9. The van der Waals surface area contributed by atoms with Crippen LogP contribution in [0.15, 0.2) is 58.3 Å². The standard InChI is InChI=1S/C16H18N2O5S2/c1-12-2-6-14(7-3-12)24(20,21)11-10-16(19)18-13-4-8-15(9-5-13)25(17,22)23/h2-9H,10-11H2,1H3,(H,18,19)(H2,17,22,23). The highest BCUT2D eigenvalue weighted by atomic mass is 32.2. The zero-order chi connectivity index (χ0) is 18.7. The molecule has 9 heteroatoms. The Morgan fingerprint density at radius 1 is 0.920 bits per heavy atom. The van der Waals surface area contributed by atoms with Gasteiger partial charge in [-0.3, -0.25) is 4.79 Å². The lowest BCUT2D eigenvalue weighted by Gasteiger charge is -2.07. The molecule has 7 nitrogen and oxygen atoms in total. The van der Waals surface area contributed by atoms with Crippen molar-refractivity contribution in [3.8, 4) is 0 Å². The highest BCUT2D eigenvalue weighted by Gasteiger charge is 2.16. The van der Waals surface area contributed by atoms with E-state index in [2.05, 4.69) is 5.32 Å². The molecule has 0 unspecified atom stereocenters. The van der Waals surface area contributed by atoms with Gasteiger partial charge in [-0.1, -0.05) is 17.7 Å². The largest absolute Gasteiger partial charge is 0.326 e. The number of rotatable bonds is 6. The number of hydrogen-bond acceptors (Lipinski definition) is 5. The molecule has 2 rings (SSSR count). The maximum Gasteiger partial charge on any atom is 0.238 e. The van der Waals surface area contributed by atoms with E-state index < -0.39 is 25.8 Å². The molecular weight excluding hydrogens is 364 g/mol. The number of carbonyl (C=O) groups is 1. The van der Waals surface area contributed by atoms with Gasteiger partial charge in [0.25, 0.3) is 0 Å². The monoisotopic (exact) mass is 382 g/mol. The smallest absolute Gasteiger partial charge is 0.238 e. The first-order valence-electron chi connectivity index (χ1n) is 7.30. The Balaban J connectivity index is 1.97. The van der Waals surface area contributed by atoms with Crippen LogP contribution in [-0.2, 0) is 24.7 Å². The third-order valence-electron chi connectivity index (χ3n) is 3.44. The van der Waals surface area contributed by atoms with Gasteiger partial charge in [-0.15, -0.1) is 0 Å². The number of benzene rings is 2. The van der Waals surface area contributed by atoms with Crippen molar-refractivity contribution in [2.45, 2.75) is 23.1 Å². The Morgan fingerprint density at radius 2 is 1.44 bits per heavy atom. The van der Waals surface area contributed by atoms with E-state index in [9.17, 15) is 21.6 Å². The Bertz CT molecular complexity index is 964. The number of anilines is 1. The summed E-state index contributed by atoms with van der Waals surface area (Å²) in [5.41, 5.74) is 1.30. The maximum atomic E-state index is 12.2. The quantitative estimate of drug-likeness (QED) is 0.782. The van der Waals surface area contributed by atoms with E-state index in [1.54, 1.807) is 12.1 Å². The number of sulfone groups is 1. The summed E-state index contributed by atoms with van der Waals surface area (Å²) in [7, 11) is -7.35. The molecule has 3 N–H and O–H groups in total. The van der Waals surface area contributed by atoms with E-state index in [1.807, 2.05) is 6.92 Å². The Morgan fingerprint density at radius 3 is 1.96 bits per heavy atom. The van der Waals surface area contributed by atoms with Crippen molar-refractivity contribution in [2.24, 2.45) is 5.14 Å². The van der Waals surface area contributed by atoms with Crippen LogP contribution in [-0.4, -0.2) is 28.5 Å². The highest BCUT2D eigenvalue weighted by molar-refractivity contribution is 7.91. The van der Waals surface area contributed by atoms with Gasteiger partial charge < -0.3 is 5.32 Å². The minimum Gasteiger partial charge on any atom is -0.326 e. The topological polar surface area (TPSA) is 123 Å². The van der Waals surface area contributed by atoms with Crippen LogP contribution in [0.3, 0.4) is 0 Å². The molecule has 0 saturated carbocycles. The van der Waals surface area contributed by atoms with Crippen molar-refractivity contribution < 1.29 is 21.6 Å². The number of aryl methyl sites for hydroxylation is 1. The van der Waals surface area contributed by atoms with Crippen LogP contribution in [0.1, 0.15) is 12.0 Å².